The van der Waals surface area contributed by atoms with Crippen LogP contribution in [0.5, 0.6) is 0 Å². The topological polar surface area (TPSA) is 26.7 Å². The maximum atomic E-state index is 11.7. The molecule has 2 unspecified atom stereocenters. The van der Waals surface area contributed by atoms with Gasteiger partial charge in [-0.15, -0.1) is 6.42 Å². The molecule has 0 aromatic heterocycles. The number of aliphatic hydroxyl groups is 1. The molecule has 0 amide bonds. The van der Waals surface area contributed by atoms with Crippen molar-refractivity contribution in [2.24, 2.45) is 5.92 Å². The molecule has 1 saturated heterocycles. The minimum absolute atomic E-state index is 0.154. The standard InChI is InChI=1S/C25H32N2O/c1-4-21-12-8-14-23(18-21)25(28)15-17-27(20-24(25)19-26(2)3)16-9-13-22-10-6-5-7-11-22/h1,5-8,10-12,14,18,24,28H,9,13,15-17,19-20H2,2-3H3. The van der Waals surface area contributed by atoms with Crippen molar-refractivity contribution in [1.82, 2.24) is 9.80 Å². The molecular weight excluding hydrogens is 344 g/mol. The lowest BCUT2D eigenvalue weighted by Gasteiger charge is -2.46. The third-order valence-electron chi connectivity index (χ3n) is 5.86. The summed E-state index contributed by atoms with van der Waals surface area (Å²) in [5.74, 6) is 2.85. The zero-order valence-electron chi connectivity index (χ0n) is 17.1. The first kappa shape index (κ1) is 20.6. The van der Waals surface area contributed by atoms with Gasteiger partial charge in [0.25, 0.3) is 0 Å². The summed E-state index contributed by atoms with van der Waals surface area (Å²) in [6, 6.07) is 18.6. The van der Waals surface area contributed by atoms with E-state index in [1.165, 1.54) is 5.56 Å². The number of likely N-dealkylation sites (tertiary alicyclic amines) is 1. The normalized spacial score (nSPS) is 22.9. The van der Waals surface area contributed by atoms with E-state index in [0.29, 0.717) is 0 Å². The molecule has 3 heteroatoms. The number of hydrogen-bond acceptors (Lipinski definition) is 3. The van der Waals surface area contributed by atoms with Crippen molar-refractivity contribution < 1.29 is 5.11 Å². The Kier molecular flexibility index (Phi) is 6.91. The lowest BCUT2D eigenvalue weighted by Crippen LogP contribution is -2.53. The summed E-state index contributed by atoms with van der Waals surface area (Å²) in [5, 5.41) is 11.7. The maximum Gasteiger partial charge on any atom is 0.0961 e. The van der Waals surface area contributed by atoms with Crippen LogP contribution in [0.2, 0.25) is 0 Å². The van der Waals surface area contributed by atoms with Gasteiger partial charge in [-0.1, -0.05) is 48.4 Å². The van der Waals surface area contributed by atoms with Crippen LogP contribution in [0, 0.1) is 18.3 Å². The minimum atomic E-state index is -0.826. The molecule has 3 nitrogen and oxygen atoms in total. The molecule has 2 aromatic rings. The number of piperidine rings is 1. The summed E-state index contributed by atoms with van der Waals surface area (Å²) in [5.41, 5.74) is 2.36. The second-order valence-corrected chi connectivity index (χ2v) is 8.25. The van der Waals surface area contributed by atoms with Crippen LogP contribution in [0.1, 0.15) is 29.5 Å². The molecule has 1 N–H and O–H groups in total. The van der Waals surface area contributed by atoms with E-state index in [-0.39, 0.29) is 5.92 Å². The Morgan fingerprint density at radius 1 is 1.18 bits per heavy atom. The summed E-state index contributed by atoms with van der Waals surface area (Å²) in [7, 11) is 4.15. The molecule has 2 aromatic carbocycles. The van der Waals surface area contributed by atoms with Gasteiger partial charge < -0.3 is 14.9 Å². The first-order valence-corrected chi connectivity index (χ1v) is 10.2. The van der Waals surface area contributed by atoms with Gasteiger partial charge in [-0.05, 0) is 63.2 Å². The van der Waals surface area contributed by atoms with Gasteiger partial charge >= 0.3 is 0 Å². The summed E-state index contributed by atoms with van der Waals surface area (Å²) < 4.78 is 0. The van der Waals surface area contributed by atoms with Crippen LogP contribution < -0.4 is 0 Å². The highest BCUT2D eigenvalue weighted by atomic mass is 16.3. The Morgan fingerprint density at radius 2 is 1.96 bits per heavy atom. The number of rotatable bonds is 7. The molecule has 0 aliphatic carbocycles. The molecule has 1 heterocycles. The van der Waals surface area contributed by atoms with Crippen LogP contribution in [0.15, 0.2) is 54.6 Å². The summed E-state index contributed by atoms with van der Waals surface area (Å²) >= 11 is 0. The zero-order valence-corrected chi connectivity index (χ0v) is 17.1. The molecule has 0 saturated carbocycles. The SMILES string of the molecule is C#Cc1cccc(C2(O)CCN(CCCc3ccccc3)CC2CN(C)C)c1. The van der Waals surface area contributed by atoms with Gasteiger partial charge in [0.2, 0.25) is 0 Å². The van der Waals surface area contributed by atoms with E-state index >= 15 is 0 Å². The fourth-order valence-electron chi connectivity index (χ4n) is 4.35. The van der Waals surface area contributed by atoms with Crippen molar-refractivity contribution in [1.29, 1.82) is 0 Å². The van der Waals surface area contributed by atoms with Gasteiger partial charge in [0.1, 0.15) is 0 Å². The van der Waals surface area contributed by atoms with Crippen molar-refractivity contribution in [3.05, 3.63) is 71.3 Å². The average Bonchev–Trinajstić information content (AvgIpc) is 2.71. The number of terminal acetylenes is 1. The Morgan fingerprint density at radius 3 is 2.68 bits per heavy atom. The van der Waals surface area contributed by atoms with Gasteiger partial charge in [0, 0.05) is 31.1 Å². The molecule has 2 atom stereocenters. The molecule has 0 spiro atoms. The van der Waals surface area contributed by atoms with Gasteiger partial charge in [-0.3, -0.25) is 0 Å². The van der Waals surface area contributed by atoms with E-state index < -0.39 is 5.60 Å². The Hall–Kier alpha value is -2.12. The lowest BCUT2D eigenvalue weighted by molar-refractivity contribution is -0.0846. The Bertz CT molecular complexity index is 796. The fourth-order valence-corrected chi connectivity index (χ4v) is 4.35. The Balaban J connectivity index is 1.68. The highest BCUT2D eigenvalue weighted by Crippen LogP contribution is 2.38. The third kappa shape index (κ3) is 5.02. The number of hydrogen-bond donors (Lipinski definition) is 1. The minimum Gasteiger partial charge on any atom is -0.385 e. The summed E-state index contributed by atoms with van der Waals surface area (Å²) in [6.07, 6.45) is 8.57. The lowest BCUT2D eigenvalue weighted by atomic mass is 9.75. The second kappa shape index (κ2) is 9.39. The molecule has 148 valence electrons. The van der Waals surface area contributed by atoms with Gasteiger partial charge in [0.05, 0.1) is 5.60 Å². The quantitative estimate of drug-likeness (QED) is 0.751. The van der Waals surface area contributed by atoms with E-state index in [9.17, 15) is 5.11 Å². The smallest absolute Gasteiger partial charge is 0.0961 e. The van der Waals surface area contributed by atoms with E-state index in [2.05, 4.69) is 60.1 Å². The molecule has 1 fully saturated rings. The Labute approximate surface area is 170 Å². The van der Waals surface area contributed by atoms with Crippen molar-refractivity contribution in [3.63, 3.8) is 0 Å². The van der Waals surface area contributed by atoms with E-state index in [1.54, 1.807) is 0 Å². The average molecular weight is 377 g/mol. The van der Waals surface area contributed by atoms with Crippen LogP contribution in [0.3, 0.4) is 0 Å². The third-order valence-corrected chi connectivity index (χ3v) is 5.86. The predicted octanol–water partition coefficient (Wildman–Crippen LogP) is 3.37. The van der Waals surface area contributed by atoms with E-state index in [4.69, 9.17) is 6.42 Å². The van der Waals surface area contributed by atoms with Gasteiger partial charge in [0.15, 0.2) is 0 Å². The zero-order chi connectivity index (χ0) is 20.0. The molecule has 3 rings (SSSR count). The highest BCUT2D eigenvalue weighted by molar-refractivity contribution is 5.38. The molecule has 1 aliphatic heterocycles. The van der Waals surface area contributed by atoms with Crippen LogP contribution in [0.25, 0.3) is 0 Å². The van der Waals surface area contributed by atoms with Crippen molar-refractivity contribution in [2.45, 2.75) is 24.9 Å². The van der Waals surface area contributed by atoms with Crippen LogP contribution in [0.4, 0.5) is 0 Å². The van der Waals surface area contributed by atoms with Gasteiger partial charge in [-0.2, -0.15) is 0 Å². The van der Waals surface area contributed by atoms with Crippen LogP contribution in [-0.2, 0) is 12.0 Å². The largest absolute Gasteiger partial charge is 0.385 e. The number of nitrogens with zero attached hydrogens (tertiary/aromatic N) is 2. The predicted molar refractivity (Wildman–Crippen MR) is 116 cm³/mol. The number of benzene rings is 2. The molecule has 0 radical (unpaired) electrons. The number of aryl methyl sites for hydroxylation is 1. The molecule has 1 aliphatic rings. The van der Waals surface area contributed by atoms with Crippen molar-refractivity contribution >= 4 is 0 Å². The molecular formula is C25H32N2O. The van der Waals surface area contributed by atoms with E-state index in [1.807, 2.05) is 24.3 Å². The monoisotopic (exact) mass is 376 g/mol. The first-order valence-electron chi connectivity index (χ1n) is 10.2. The highest BCUT2D eigenvalue weighted by Gasteiger charge is 2.42. The second-order valence-electron chi connectivity index (χ2n) is 8.25. The van der Waals surface area contributed by atoms with Crippen LogP contribution >= 0.6 is 0 Å². The summed E-state index contributed by atoms with van der Waals surface area (Å²) in [4.78, 5) is 4.69. The van der Waals surface area contributed by atoms with Crippen molar-refractivity contribution in [2.75, 3.05) is 40.3 Å². The first-order chi connectivity index (χ1) is 13.5. The fraction of sp³-hybridized carbons (Fsp3) is 0.440. The van der Waals surface area contributed by atoms with Crippen LogP contribution in [-0.4, -0.2) is 55.2 Å². The molecule has 28 heavy (non-hydrogen) atoms. The van der Waals surface area contributed by atoms with Gasteiger partial charge in [-0.25, -0.2) is 0 Å². The molecule has 0 bridgehead atoms. The summed E-state index contributed by atoms with van der Waals surface area (Å²) in [6.45, 7) is 3.74. The van der Waals surface area contributed by atoms with E-state index in [0.717, 1.165) is 56.6 Å². The van der Waals surface area contributed by atoms with Crippen molar-refractivity contribution in [3.8, 4) is 12.3 Å². The maximum absolute atomic E-state index is 11.7.